The van der Waals surface area contributed by atoms with Crippen molar-refractivity contribution in [2.45, 2.75) is 10.9 Å². The summed E-state index contributed by atoms with van der Waals surface area (Å²) >= 11 is 4.82. The van der Waals surface area contributed by atoms with Gasteiger partial charge in [-0.05, 0) is 30.3 Å². The number of nitrogens with zero attached hydrogens (tertiary/aromatic N) is 6. The third-order valence-electron chi connectivity index (χ3n) is 2.98. The number of benzene rings is 1. The molecule has 0 saturated carbocycles. The van der Waals surface area contributed by atoms with Gasteiger partial charge in [0, 0.05) is 22.4 Å². The van der Waals surface area contributed by atoms with Crippen molar-refractivity contribution in [2.75, 3.05) is 0 Å². The van der Waals surface area contributed by atoms with Gasteiger partial charge in [0.25, 0.3) is 5.78 Å². The molecule has 0 spiro atoms. The van der Waals surface area contributed by atoms with Crippen LogP contribution >= 0.6 is 27.7 Å². The van der Waals surface area contributed by atoms with Crippen molar-refractivity contribution in [1.82, 2.24) is 29.8 Å². The van der Waals surface area contributed by atoms with E-state index in [4.69, 9.17) is 4.42 Å². The van der Waals surface area contributed by atoms with E-state index in [-0.39, 0.29) is 0 Å². The summed E-state index contributed by atoms with van der Waals surface area (Å²) < 4.78 is 8.30. The zero-order valence-corrected chi connectivity index (χ0v) is 14.0. The van der Waals surface area contributed by atoms with Gasteiger partial charge in [-0.15, -0.1) is 15.3 Å². The molecule has 0 radical (unpaired) electrons. The minimum Gasteiger partial charge on any atom is -0.420 e. The largest absolute Gasteiger partial charge is 0.420 e. The van der Waals surface area contributed by atoms with Crippen LogP contribution in [0.5, 0.6) is 0 Å². The Morgan fingerprint density at radius 2 is 2.04 bits per heavy atom. The van der Waals surface area contributed by atoms with E-state index < -0.39 is 0 Å². The van der Waals surface area contributed by atoms with Gasteiger partial charge in [0.15, 0.2) is 0 Å². The van der Waals surface area contributed by atoms with E-state index in [0.29, 0.717) is 28.5 Å². The number of halogens is 1. The van der Waals surface area contributed by atoms with Gasteiger partial charge in [-0.3, -0.25) is 0 Å². The van der Waals surface area contributed by atoms with E-state index in [0.717, 1.165) is 10.0 Å². The van der Waals surface area contributed by atoms with Gasteiger partial charge in [-0.1, -0.05) is 27.7 Å². The minimum atomic E-state index is 0.498. The Hall–Kier alpha value is -2.26. The second-order valence-corrected chi connectivity index (χ2v) is 6.41. The predicted octanol–water partition coefficient (Wildman–Crippen LogP) is 3.23. The first kappa shape index (κ1) is 14.3. The Labute approximate surface area is 143 Å². The van der Waals surface area contributed by atoms with E-state index in [1.165, 1.54) is 11.8 Å². The van der Waals surface area contributed by atoms with E-state index in [1.54, 1.807) is 23.0 Å². The average molecular weight is 389 g/mol. The molecular formula is C14H9BrN6OS. The van der Waals surface area contributed by atoms with Crippen LogP contribution in [0.25, 0.3) is 17.2 Å². The van der Waals surface area contributed by atoms with Crippen LogP contribution in [0.4, 0.5) is 0 Å². The highest BCUT2D eigenvalue weighted by molar-refractivity contribution is 9.10. The molecule has 0 N–H and O–H groups in total. The van der Waals surface area contributed by atoms with E-state index >= 15 is 0 Å². The van der Waals surface area contributed by atoms with Crippen LogP contribution in [0.2, 0.25) is 0 Å². The van der Waals surface area contributed by atoms with Gasteiger partial charge in [-0.2, -0.15) is 4.98 Å². The zero-order valence-electron chi connectivity index (χ0n) is 11.6. The maximum Gasteiger partial charge on any atom is 0.253 e. The SMILES string of the molecule is Brc1ccc(-c2nnc(CSc3nc4ncccn4n3)o2)cc1. The Balaban J connectivity index is 1.48. The fourth-order valence-electron chi connectivity index (χ4n) is 1.92. The highest BCUT2D eigenvalue weighted by Crippen LogP contribution is 2.23. The summed E-state index contributed by atoms with van der Waals surface area (Å²) in [6, 6.07) is 9.51. The van der Waals surface area contributed by atoms with E-state index in [1.807, 2.05) is 24.3 Å². The molecule has 0 saturated heterocycles. The first-order valence-electron chi connectivity index (χ1n) is 6.66. The molecule has 23 heavy (non-hydrogen) atoms. The summed E-state index contributed by atoms with van der Waals surface area (Å²) in [5, 5.41) is 13.1. The smallest absolute Gasteiger partial charge is 0.253 e. The summed E-state index contributed by atoms with van der Waals surface area (Å²) in [6.07, 6.45) is 3.48. The van der Waals surface area contributed by atoms with Crippen LogP contribution in [0.15, 0.2) is 56.8 Å². The standard InChI is InChI=1S/C14H9BrN6OS/c15-10-4-2-9(3-5-10)12-19-18-11(22-12)8-23-14-17-13-16-6-1-7-21(13)20-14/h1-7H,8H2. The summed E-state index contributed by atoms with van der Waals surface area (Å²) in [5.41, 5.74) is 0.881. The van der Waals surface area contributed by atoms with Crippen molar-refractivity contribution in [1.29, 1.82) is 0 Å². The minimum absolute atomic E-state index is 0.498. The average Bonchev–Trinajstić information content (AvgIpc) is 3.20. The highest BCUT2D eigenvalue weighted by Gasteiger charge is 2.11. The lowest BCUT2D eigenvalue weighted by Gasteiger charge is -1.94. The van der Waals surface area contributed by atoms with Crippen molar-refractivity contribution in [2.24, 2.45) is 0 Å². The number of rotatable bonds is 4. The Morgan fingerprint density at radius 3 is 2.87 bits per heavy atom. The molecule has 1 aromatic carbocycles. The Kier molecular flexibility index (Phi) is 3.80. The topological polar surface area (TPSA) is 82.0 Å². The Bertz CT molecular complexity index is 918. The van der Waals surface area contributed by atoms with Crippen LogP contribution in [-0.2, 0) is 5.75 Å². The van der Waals surface area contributed by atoms with Crippen LogP contribution < -0.4 is 0 Å². The van der Waals surface area contributed by atoms with Gasteiger partial charge in [0.2, 0.25) is 16.9 Å². The van der Waals surface area contributed by atoms with Gasteiger partial charge in [0.1, 0.15) is 0 Å². The predicted molar refractivity (Wildman–Crippen MR) is 87.8 cm³/mol. The fourth-order valence-corrected chi connectivity index (χ4v) is 2.85. The Morgan fingerprint density at radius 1 is 1.17 bits per heavy atom. The highest BCUT2D eigenvalue weighted by atomic mass is 79.9. The molecule has 0 fully saturated rings. The van der Waals surface area contributed by atoms with Crippen LogP contribution in [0.3, 0.4) is 0 Å². The summed E-state index contributed by atoms with van der Waals surface area (Å²) in [4.78, 5) is 8.44. The fraction of sp³-hybridized carbons (Fsp3) is 0.0714. The normalized spacial score (nSPS) is 11.2. The lowest BCUT2D eigenvalue weighted by Crippen LogP contribution is -1.87. The van der Waals surface area contributed by atoms with Crippen LogP contribution in [0, 0.1) is 0 Å². The number of hydrogen-bond donors (Lipinski definition) is 0. The van der Waals surface area contributed by atoms with Gasteiger partial charge in [0.05, 0.1) is 5.75 Å². The quantitative estimate of drug-likeness (QED) is 0.496. The van der Waals surface area contributed by atoms with Gasteiger partial charge < -0.3 is 4.42 Å². The molecule has 0 bridgehead atoms. The van der Waals surface area contributed by atoms with Crippen molar-refractivity contribution in [3.05, 3.63) is 53.1 Å². The van der Waals surface area contributed by atoms with Crippen molar-refractivity contribution in [3.63, 3.8) is 0 Å². The first-order valence-corrected chi connectivity index (χ1v) is 8.44. The molecule has 0 unspecified atom stereocenters. The molecule has 3 aromatic heterocycles. The van der Waals surface area contributed by atoms with Crippen LogP contribution in [0.1, 0.15) is 5.89 Å². The molecule has 7 nitrogen and oxygen atoms in total. The van der Waals surface area contributed by atoms with E-state index in [9.17, 15) is 0 Å². The number of aromatic nitrogens is 6. The van der Waals surface area contributed by atoms with Crippen LogP contribution in [-0.4, -0.2) is 29.8 Å². The van der Waals surface area contributed by atoms with Crippen molar-refractivity contribution >= 4 is 33.5 Å². The maximum atomic E-state index is 5.67. The number of hydrogen-bond acceptors (Lipinski definition) is 7. The number of fused-ring (bicyclic) bond motifs is 1. The molecule has 4 aromatic rings. The summed E-state index contributed by atoms with van der Waals surface area (Å²) in [5.74, 6) is 2.09. The van der Waals surface area contributed by atoms with Gasteiger partial charge >= 0.3 is 0 Å². The second-order valence-electron chi connectivity index (χ2n) is 4.56. The lowest BCUT2D eigenvalue weighted by atomic mass is 10.2. The molecule has 114 valence electrons. The zero-order chi connectivity index (χ0) is 15.6. The van der Waals surface area contributed by atoms with Gasteiger partial charge in [-0.25, -0.2) is 9.50 Å². The molecule has 4 rings (SSSR count). The maximum absolute atomic E-state index is 5.67. The molecule has 3 heterocycles. The summed E-state index contributed by atoms with van der Waals surface area (Å²) in [7, 11) is 0. The summed E-state index contributed by atoms with van der Waals surface area (Å²) in [6.45, 7) is 0. The molecular weight excluding hydrogens is 380 g/mol. The molecule has 0 aliphatic rings. The third kappa shape index (κ3) is 3.10. The second kappa shape index (κ2) is 6.09. The molecule has 9 heteroatoms. The molecule has 0 aliphatic carbocycles. The third-order valence-corrected chi connectivity index (χ3v) is 4.33. The van der Waals surface area contributed by atoms with E-state index in [2.05, 4.69) is 41.2 Å². The molecule has 0 amide bonds. The first-order chi connectivity index (χ1) is 11.3. The number of thioether (sulfide) groups is 1. The monoisotopic (exact) mass is 388 g/mol. The molecule has 0 aliphatic heterocycles. The lowest BCUT2D eigenvalue weighted by molar-refractivity contribution is 0.528. The van der Waals surface area contributed by atoms with Crippen molar-refractivity contribution < 1.29 is 4.42 Å². The van der Waals surface area contributed by atoms with Crippen molar-refractivity contribution in [3.8, 4) is 11.5 Å². The molecule has 0 atom stereocenters.